The Morgan fingerprint density at radius 1 is 0.900 bits per heavy atom. The Kier molecular flexibility index (Phi) is 6.02. The minimum absolute atomic E-state index is 0.118. The highest BCUT2D eigenvalue weighted by Crippen LogP contribution is 2.42. The molecule has 0 aliphatic rings. The molecule has 0 unspecified atom stereocenters. The molecule has 3 heterocycles. The van der Waals surface area contributed by atoms with E-state index in [1.165, 1.54) is 43.6 Å². The van der Waals surface area contributed by atoms with Gasteiger partial charge in [-0.15, -0.1) is 0 Å². The Morgan fingerprint density at radius 2 is 1.68 bits per heavy atom. The average molecular weight is 543 g/mol. The summed E-state index contributed by atoms with van der Waals surface area (Å²) in [5.74, 6) is -2.93. The fourth-order valence-electron chi connectivity index (χ4n) is 4.67. The van der Waals surface area contributed by atoms with Crippen molar-refractivity contribution >= 4 is 33.8 Å². The van der Waals surface area contributed by atoms with Crippen LogP contribution in [0.3, 0.4) is 0 Å². The van der Waals surface area contributed by atoms with Crippen molar-refractivity contribution in [3.05, 3.63) is 89.9 Å². The Bertz CT molecular complexity index is 1890. The largest absolute Gasteiger partial charge is 0.455 e. The SMILES string of the molecule is CNC(=O)c1c(-c2ccc(F)cc2)oc2cc(N(C)C)c(-c3cc(F)c(F)c(-c4nc5ncccc5o4)c3)cc12. The summed E-state index contributed by atoms with van der Waals surface area (Å²) in [5.41, 5.74) is 2.98. The van der Waals surface area contributed by atoms with Gasteiger partial charge in [0.1, 0.15) is 17.2 Å². The maximum atomic E-state index is 15.1. The normalized spacial score (nSPS) is 11.3. The quantitative estimate of drug-likeness (QED) is 0.258. The second-order valence-corrected chi connectivity index (χ2v) is 9.32. The standard InChI is InChI=1S/C30H21F3N4O3/c1-34-29(38)25-19-13-18(22(37(2)3)14-24(19)39-27(25)15-6-8-17(31)9-7-15)16-11-20(26(33)21(32)12-16)30-36-28-23(40-30)5-4-10-35-28/h4-14H,1-3H3,(H,34,38). The van der Waals surface area contributed by atoms with Crippen molar-refractivity contribution < 1.29 is 26.8 Å². The second-order valence-electron chi connectivity index (χ2n) is 9.32. The zero-order valence-electron chi connectivity index (χ0n) is 21.6. The van der Waals surface area contributed by atoms with Gasteiger partial charge in [-0.3, -0.25) is 4.79 Å². The van der Waals surface area contributed by atoms with Crippen LogP contribution in [0.5, 0.6) is 0 Å². The summed E-state index contributed by atoms with van der Waals surface area (Å²) in [6, 6.07) is 14.8. The topological polar surface area (TPSA) is 84.4 Å². The summed E-state index contributed by atoms with van der Waals surface area (Å²) in [4.78, 5) is 23.2. The van der Waals surface area contributed by atoms with Gasteiger partial charge in [-0.05, 0) is 60.2 Å². The molecular formula is C30H21F3N4O3. The molecule has 6 aromatic rings. The van der Waals surface area contributed by atoms with Gasteiger partial charge in [-0.1, -0.05) is 0 Å². The summed E-state index contributed by atoms with van der Waals surface area (Å²) in [7, 11) is 5.07. The van der Waals surface area contributed by atoms with Gasteiger partial charge >= 0.3 is 0 Å². The summed E-state index contributed by atoms with van der Waals surface area (Å²) >= 11 is 0. The highest BCUT2D eigenvalue weighted by atomic mass is 19.2. The number of amides is 1. The lowest BCUT2D eigenvalue weighted by atomic mass is 9.96. The van der Waals surface area contributed by atoms with Crippen molar-refractivity contribution in [2.45, 2.75) is 0 Å². The van der Waals surface area contributed by atoms with Crippen molar-refractivity contribution in [1.29, 1.82) is 0 Å². The number of oxazole rings is 1. The Hall–Kier alpha value is -5.12. The van der Waals surface area contributed by atoms with Crippen LogP contribution in [0.15, 0.2) is 75.7 Å². The first-order chi connectivity index (χ1) is 19.2. The number of aromatic nitrogens is 2. The van der Waals surface area contributed by atoms with Crippen LogP contribution in [0.2, 0.25) is 0 Å². The van der Waals surface area contributed by atoms with Crippen LogP contribution < -0.4 is 10.2 Å². The third kappa shape index (κ3) is 4.14. The van der Waals surface area contributed by atoms with E-state index in [9.17, 15) is 9.18 Å². The first-order valence-corrected chi connectivity index (χ1v) is 12.2. The summed E-state index contributed by atoms with van der Waals surface area (Å²) in [6.45, 7) is 0. The van der Waals surface area contributed by atoms with Crippen molar-refractivity contribution in [1.82, 2.24) is 15.3 Å². The Balaban J connectivity index is 1.60. The number of benzene rings is 3. The molecule has 0 atom stereocenters. The molecule has 7 nitrogen and oxygen atoms in total. The number of carbonyl (C=O) groups is 1. The molecular weight excluding hydrogens is 521 g/mol. The van der Waals surface area contributed by atoms with E-state index in [2.05, 4.69) is 15.3 Å². The van der Waals surface area contributed by atoms with Crippen LogP contribution in [0.25, 0.3) is 56.1 Å². The number of furan rings is 1. The molecule has 0 radical (unpaired) electrons. The van der Waals surface area contributed by atoms with Crippen LogP contribution in [-0.4, -0.2) is 37.0 Å². The third-order valence-corrected chi connectivity index (χ3v) is 6.58. The van der Waals surface area contributed by atoms with Crippen LogP contribution in [0.4, 0.5) is 18.9 Å². The Labute approximate surface area is 225 Å². The molecule has 0 bridgehead atoms. The number of pyridine rings is 1. The van der Waals surface area contributed by atoms with Gasteiger partial charge in [0.05, 0.1) is 11.1 Å². The third-order valence-electron chi connectivity index (χ3n) is 6.58. The molecule has 200 valence electrons. The Morgan fingerprint density at radius 3 is 2.38 bits per heavy atom. The number of nitrogens with one attached hydrogen (secondary N) is 1. The lowest BCUT2D eigenvalue weighted by molar-refractivity contribution is 0.0964. The molecule has 0 fully saturated rings. The molecule has 1 N–H and O–H groups in total. The monoisotopic (exact) mass is 542 g/mol. The van der Waals surface area contributed by atoms with E-state index < -0.39 is 23.4 Å². The van der Waals surface area contributed by atoms with Crippen LogP contribution in [-0.2, 0) is 0 Å². The molecule has 0 aliphatic heterocycles. The number of anilines is 1. The van der Waals surface area contributed by atoms with Crippen molar-refractivity contribution in [2.75, 3.05) is 26.0 Å². The van der Waals surface area contributed by atoms with E-state index in [1.54, 1.807) is 43.3 Å². The first-order valence-electron chi connectivity index (χ1n) is 12.2. The fourth-order valence-corrected chi connectivity index (χ4v) is 4.67. The summed E-state index contributed by atoms with van der Waals surface area (Å²) < 4.78 is 55.5. The van der Waals surface area contributed by atoms with E-state index in [0.29, 0.717) is 38.9 Å². The lowest BCUT2D eigenvalue weighted by Crippen LogP contribution is -2.18. The average Bonchev–Trinajstić information content (AvgIpc) is 3.55. The van der Waals surface area contributed by atoms with Gasteiger partial charge in [0.15, 0.2) is 22.9 Å². The van der Waals surface area contributed by atoms with E-state index in [0.717, 1.165) is 6.07 Å². The maximum absolute atomic E-state index is 15.1. The van der Waals surface area contributed by atoms with Crippen molar-refractivity contribution in [3.8, 4) is 33.9 Å². The number of carbonyl (C=O) groups excluding carboxylic acids is 1. The van der Waals surface area contributed by atoms with Crippen molar-refractivity contribution in [2.24, 2.45) is 0 Å². The van der Waals surface area contributed by atoms with Gasteiger partial charge in [0, 0.05) is 55.6 Å². The van der Waals surface area contributed by atoms with Crippen LogP contribution >= 0.6 is 0 Å². The zero-order chi connectivity index (χ0) is 28.1. The van der Waals surface area contributed by atoms with E-state index in [4.69, 9.17) is 8.83 Å². The maximum Gasteiger partial charge on any atom is 0.255 e. The number of hydrogen-bond donors (Lipinski definition) is 1. The molecule has 6 rings (SSSR count). The summed E-state index contributed by atoms with van der Waals surface area (Å²) in [5, 5.41) is 3.06. The highest BCUT2D eigenvalue weighted by Gasteiger charge is 2.25. The number of rotatable bonds is 5. The molecule has 10 heteroatoms. The molecule has 3 aromatic heterocycles. The van der Waals surface area contributed by atoms with Crippen molar-refractivity contribution in [3.63, 3.8) is 0 Å². The number of fused-ring (bicyclic) bond motifs is 2. The number of halogens is 3. The first kappa shape index (κ1) is 25.2. The highest BCUT2D eigenvalue weighted by molar-refractivity contribution is 6.13. The number of hydrogen-bond acceptors (Lipinski definition) is 6. The van der Waals surface area contributed by atoms with E-state index in [1.807, 2.05) is 0 Å². The predicted molar refractivity (Wildman–Crippen MR) is 145 cm³/mol. The smallest absolute Gasteiger partial charge is 0.255 e. The zero-order valence-corrected chi connectivity index (χ0v) is 21.6. The minimum atomic E-state index is -1.12. The molecule has 0 spiro atoms. The molecule has 1 amide bonds. The van der Waals surface area contributed by atoms with E-state index >= 15 is 8.78 Å². The van der Waals surface area contributed by atoms with Gasteiger partial charge in [0.2, 0.25) is 5.89 Å². The summed E-state index contributed by atoms with van der Waals surface area (Å²) in [6.07, 6.45) is 1.52. The van der Waals surface area contributed by atoms with Crippen LogP contribution in [0, 0.1) is 17.5 Å². The molecule has 0 aliphatic carbocycles. The minimum Gasteiger partial charge on any atom is -0.455 e. The van der Waals surface area contributed by atoms with E-state index in [-0.39, 0.29) is 28.4 Å². The predicted octanol–water partition coefficient (Wildman–Crippen LogP) is 6.81. The van der Waals surface area contributed by atoms with Gasteiger partial charge in [-0.25, -0.2) is 18.2 Å². The van der Waals surface area contributed by atoms with Gasteiger partial charge in [-0.2, -0.15) is 4.98 Å². The lowest BCUT2D eigenvalue weighted by Gasteiger charge is -2.18. The van der Waals surface area contributed by atoms with Gasteiger partial charge in [0.25, 0.3) is 5.91 Å². The molecule has 3 aromatic carbocycles. The molecule has 40 heavy (non-hydrogen) atoms. The number of nitrogens with zero attached hydrogens (tertiary/aromatic N) is 3. The second kappa shape index (κ2) is 9.57. The molecule has 0 saturated carbocycles. The molecule has 0 saturated heterocycles. The van der Waals surface area contributed by atoms with Crippen LogP contribution in [0.1, 0.15) is 10.4 Å². The van der Waals surface area contributed by atoms with Gasteiger partial charge < -0.3 is 19.1 Å². The fraction of sp³-hybridized carbons (Fsp3) is 0.100.